The average Bonchev–Trinajstić information content (AvgIpc) is 3.16. The summed E-state index contributed by atoms with van der Waals surface area (Å²) < 4.78 is 1.64. The van der Waals surface area contributed by atoms with E-state index >= 15 is 0 Å². The van der Waals surface area contributed by atoms with Crippen LogP contribution in [0.5, 0.6) is 0 Å². The lowest BCUT2D eigenvalue weighted by molar-refractivity contribution is 0.0927. The van der Waals surface area contributed by atoms with Crippen LogP contribution in [0.2, 0.25) is 0 Å². The molecule has 0 radical (unpaired) electrons. The Morgan fingerprint density at radius 3 is 2.00 bits per heavy atom. The molecule has 1 aromatic heterocycles. The van der Waals surface area contributed by atoms with Gasteiger partial charge in [0.05, 0.1) is 17.4 Å². The summed E-state index contributed by atoms with van der Waals surface area (Å²) in [5, 5.41) is 9.72. The van der Waals surface area contributed by atoms with E-state index in [9.17, 15) is 9.59 Å². The van der Waals surface area contributed by atoms with E-state index in [1.54, 1.807) is 35.1 Å². The summed E-state index contributed by atoms with van der Waals surface area (Å²) in [7, 11) is 0. The largest absolute Gasteiger partial charge is 0.350 e. The van der Waals surface area contributed by atoms with Crippen LogP contribution in [-0.4, -0.2) is 34.7 Å². The first kappa shape index (κ1) is 16.4. The third kappa shape index (κ3) is 4.32. The quantitative estimate of drug-likeness (QED) is 0.677. The maximum absolute atomic E-state index is 12.1. The van der Waals surface area contributed by atoms with E-state index in [1.165, 1.54) is 6.20 Å². The van der Waals surface area contributed by atoms with Crippen LogP contribution in [-0.2, 0) is 0 Å². The summed E-state index contributed by atoms with van der Waals surface area (Å²) in [6, 6.07) is 18.5. The van der Waals surface area contributed by atoms with E-state index in [2.05, 4.69) is 15.7 Å². The molecule has 0 aliphatic heterocycles. The second-order valence-electron chi connectivity index (χ2n) is 5.39. The van der Waals surface area contributed by atoms with Crippen LogP contribution in [0.4, 0.5) is 0 Å². The Hall–Kier alpha value is -3.41. The highest BCUT2D eigenvalue weighted by Crippen LogP contribution is 2.07. The van der Waals surface area contributed by atoms with Gasteiger partial charge in [0, 0.05) is 24.8 Å². The number of aromatic nitrogens is 2. The van der Waals surface area contributed by atoms with Crippen molar-refractivity contribution in [3.63, 3.8) is 0 Å². The van der Waals surface area contributed by atoms with Crippen LogP contribution >= 0.6 is 0 Å². The monoisotopic (exact) mass is 334 g/mol. The average molecular weight is 334 g/mol. The van der Waals surface area contributed by atoms with Gasteiger partial charge in [-0.05, 0) is 24.3 Å². The van der Waals surface area contributed by atoms with Gasteiger partial charge >= 0.3 is 0 Å². The van der Waals surface area contributed by atoms with Crippen molar-refractivity contribution in [1.29, 1.82) is 0 Å². The number of hydrogen-bond donors (Lipinski definition) is 2. The van der Waals surface area contributed by atoms with E-state index in [4.69, 9.17) is 0 Å². The fraction of sp³-hybridized carbons (Fsp3) is 0.105. The van der Waals surface area contributed by atoms with Gasteiger partial charge < -0.3 is 10.6 Å². The van der Waals surface area contributed by atoms with Crippen molar-refractivity contribution < 1.29 is 9.59 Å². The molecule has 0 aliphatic rings. The van der Waals surface area contributed by atoms with Gasteiger partial charge in [-0.1, -0.05) is 36.4 Å². The number of nitrogens with one attached hydrogen (secondary N) is 2. The van der Waals surface area contributed by atoms with E-state index in [0.29, 0.717) is 24.2 Å². The molecule has 6 nitrogen and oxygen atoms in total. The van der Waals surface area contributed by atoms with Crippen LogP contribution in [0, 0.1) is 0 Å². The molecule has 0 atom stereocenters. The van der Waals surface area contributed by atoms with Gasteiger partial charge in [0.25, 0.3) is 11.8 Å². The normalized spacial score (nSPS) is 10.2. The lowest BCUT2D eigenvalue weighted by Crippen LogP contribution is -2.34. The first-order valence-corrected chi connectivity index (χ1v) is 7.95. The number of carbonyl (C=O) groups excluding carboxylic acids is 2. The van der Waals surface area contributed by atoms with Gasteiger partial charge in [-0.15, -0.1) is 0 Å². The lowest BCUT2D eigenvalue weighted by Gasteiger charge is -2.06. The van der Waals surface area contributed by atoms with Crippen molar-refractivity contribution in [2.24, 2.45) is 0 Å². The molecular formula is C19H18N4O2. The molecule has 2 amide bonds. The zero-order valence-electron chi connectivity index (χ0n) is 13.6. The van der Waals surface area contributed by atoms with Crippen molar-refractivity contribution in [3.05, 3.63) is 84.2 Å². The molecule has 0 unspecified atom stereocenters. The molecule has 126 valence electrons. The molecule has 3 rings (SSSR count). The minimum Gasteiger partial charge on any atom is -0.350 e. The molecule has 2 aromatic carbocycles. The molecule has 0 saturated carbocycles. The van der Waals surface area contributed by atoms with Gasteiger partial charge in [-0.25, -0.2) is 4.68 Å². The Morgan fingerprint density at radius 1 is 0.800 bits per heavy atom. The summed E-state index contributed by atoms with van der Waals surface area (Å²) in [5.41, 5.74) is 1.95. The molecule has 25 heavy (non-hydrogen) atoms. The molecule has 0 fully saturated rings. The number of benzene rings is 2. The Morgan fingerprint density at radius 2 is 1.36 bits per heavy atom. The number of carbonyl (C=O) groups is 2. The van der Waals surface area contributed by atoms with Crippen LogP contribution < -0.4 is 10.6 Å². The Balaban J connectivity index is 1.47. The van der Waals surface area contributed by atoms with Crippen LogP contribution in [0.15, 0.2) is 73.1 Å². The Bertz CT molecular complexity index is 844. The van der Waals surface area contributed by atoms with Crippen LogP contribution in [0.1, 0.15) is 20.7 Å². The highest BCUT2D eigenvalue weighted by Gasteiger charge is 2.09. The summed E-state index contributed by atoms with van der Waals surface area (Å²) in [5.74, 6) is -0.386. The second-order valence-corrected chi connectivity index (χ2v) is 5.39. The van der Waals surface area contributed by atoms with Crippen molar-refractivity contribution in [2.45, 2.75) is 0 Å². The number of nitrogens with zero attached hydrogens (tertiary/aromatic N) is 2. The Labute approximate surface area is 145 Å². The first-order valence-electron chi connectivity index (χ1n) is 7.95. The maximum atomic E-state index is 12.1. The molecular weight excluding hydrogens is 316 g/mol. The number of rotatable bonds is 6. The molecule has 0 aliphatic carbocycles. The summed E-state index contributed by atoms with van der Waals surface area (Å²) in [4.78, 5) is 24.0. The summed E-state index contributed by atoms with van der Waals surface area (Å²) >= 11 is 0. The number of amides is 2. The van der Waals surface area contributed by atoms with Gasteiger partial charge in [0.1, 0.15) is 0 Å². The van der Waals surface area contributed by atoms with Gasteiger partial charge in [-0.3, -0.25) is 9.59 Å². The Kier molecular flexibility index (Phi) is 5.21. The predicted octanol–water partition coefficient (Wildman–Crippen LogP) is 2.03. The van der Waals surface area contributed by atoms with Crippen molar-refractivity contribution in [2.75, 3.05) is 13.1 Å². The first-order chi connectivity index (χ1) is 12.2. The highest BCUT2D eigenvalue weighted by molar-refractivity contribution is 5.95. The molecule has 0 spiro atoms. The molecule has 6 heteroatoms. The van der Waals surface area contributed by atoms with E-state index in [-0.39, 0.29) is 11.8 Å². The number of hydrogen-bond acceptors (Lipinski definition) is 3. The van der Waals surface area contributed by atoms with Crippen LogP contribution in [0.25, 0.3) is 5.69 Å². The smallest absolute Gasteiger partial charge is 0.254 e. The fourth-order valence-electron chi connectivity index (χ4n) is 2.31. The van der Waals surface area contributed by atoms with E-state index in [1.807, 2.05) is 36.4 Å². The third-order valence-electron chi connectivity index (χ3n) is 3.60. The zero-order valence-corrected chi connectivity index (χ0v) is 13.6. The van der Waals surface area contributed by atoms with Crippen molar-refractivity contribution in [3.8, 4) is 5.69 Å². The molecule has 0 saturated heterocycles. The summed E-state index contributed by atoms with van der Waals surface area (Å²) in [6.07, 6.45) is 3.19. The topological polar surface area (TPSA) is 76.0 Å². The second kappa shape index (κ2) is 7.92. The van der Waals surface area contributed by atoms with Crippen LogP contribution in [0.3, 0.4) is 0 Å². The zero-order chi connectivity index (χ0) is 17.5. The minimum absolute atomic E-state index is 0.160. The SMILES string of the molecule is O=C(NCCNC(=O)c1cnn(-c2ccccc2)c1)c1ccccc1. The predicted molar refractivity (Wildman–Crippen MR) is 94.7 cm³/mol. The van der Waals surface area contributed by atoms with Gasteiger partial charge in [-0.2, -0.15) is 5.10 Å². The van der Waals surface area contributed by atoms with Crippen molar-refractivity contribution >= 4 is 11.8 Å². The molecule has 2 N–H and O–H groups in total. The van der Waals surface area contributed by atoms with Gasteiger partial charge in [0.15, 0.2) is 0 Å². The third-order valence-corrected chi connectivity index (χ3v) is 3.60. The van der Waals surface area contributed by atoms with E-state index in [0.717, 1.165) is 5.69 Å². The van der Waals surface area contributed by atoms with Crippen molar-refractivity contribution in [1.82, 2.24) is 20.4 Å². The number of para-hydroxylation sites is 1. The minimum atomic E-state index is -0.226. The molecule has 1 heterocycles. The standard InChI is InChI=1S/C19H18N4O2/c24-18(15-7-3-1-4-8-15)20-11-12-21-19(25)16-13-22-23(14-16)17-9-5-2-6-10-17/h1-10,13-14H,11-12H2,(H,20,24)(H,21,25). The molecule has 3 aromatic rings. The van der Waals surface area contributed by atoms with Gasteiger partial charge in [0.2, 0.25) is 0 Å². The van der Waals surface area contributed by atoms with E-state index < -0.39 is 0 Å². The molecule has 0 bridgehead atoms. The maximum Gasteiger partial charge on any atom is 0.254 e. The fourth-order valence-corrected chi connectivity index (χ4v) is 2.31. The highest BCUT2D eigenvalue weighted by atomic mass is 16.2. The summed E-state index contributed by atoms with van der Waals surface area (Å²) in [6.45, 7) is 0.695. The lowest BCUT2D eigenvalue weighted by atomic mass is 10.2.